The van der Waals surface area contributed by atoms with Crippen molar-refractivity contribution in [2.45, 2.75) is 64.5 Å². The number of hydrogen-bond donors (Lipinski definition) is 2. The first kappa shape index (κ1) is 18.6. The van der Waals surface area contributed by atoms with Gasteiger partial charge in [0.25, 0.3) is 0 Å². The lowest BCUT2D eigenvalue weighted by Gasteiger charge is -2.36. The standard InChI is InChI=1S/C16H26N4O4/c1-16(2,3)24-15(21)19-10-6-4-5-7-12(19)11-8-9-13(20(22)23)14(17)18-11/h8-9,12,15,21H,4-7,10H2,1-3H3,(H2,17,18). The third-order valence-electron chi connectivity index (χ3n) is 4.00. The SMILES string of the molecule is CC(C)(C)OC(O)N1CCCCCC1c1ccc([N+](=O)[O-])c(N)n1. The van der Waals surface area contributed by atoms with Gasteiger partial charge in [-0.05, 0) is 39.7 Å². The van der Waals surface area contributed by atoms with Crippen molar-refractivity contribution >= 4 is 11.5 Å². The molecule has 3 N–H and O–H groups in total. The molecule has 1 aliphatic heterocycles. The Labute approximate surface area is 141 Å². The lowest BCUT2D eigenvalue weighted by molar-refractivity contribution is -0.384. The van der Waals surface area contributed by atoms with Crippen LogP contribution in [0.1, 0.15) is 58.2 Å². The maximum atomic E-state index is 10.9. The number of aliphatic hydroxyl groups excluding tert-OH is 1. The highest BCUT2D eigenvalue weighted by Gasteiger charge is 2.32. The van der Waals surface area contributed by atoms with Gasteiger partial charge in [0, 0.05) is 12.6 Å². The molecule has 2 rings (SSSR count). The van der Waals surface area contributed by atoms with Crippen LogP contribution in [0.4, 0.5) is 11.5 Å². The van der Waals surface area contributed by atoms with Gasteiger partial charge in [-0.1, -0.05) is 12.8 Å². The number of ether oxygens (including phenoxy) is 1. The number of aromatic nitrogens is 1. The molecule has 1 aliphatic rings. The number of pyridine rings is 1. The molecule has 8 heteroatoms. The minimum atomic E-state index is -1.06. The predicted octanol–water partition coefficient (Wildman–Crippen LogP) is 2.58. The van der Waals surface area contributed by atoms with Gasteiger partial charge in [0.2, 0.25) is 12.2 Å². The van der Waals surface area contributed by atoms with Gasteiger partial charge in [0.15, 0.2) is 0 Å². The molecular formula is C16H26N4O4. The first-order valence-electron chi connectivity index (χ1n) is 8.21. The van der Waals surface area contributed by atoms with Gasteiger partial charge in [-0.2, -0.15) is 0 Å². The van der Waals surface area contributed by atoms with Crippen LogP contribution in [0.25, 0.3) is 0 Å². The number of hydrogen-bond acceptors (Lipinski definition) is 7. The number of nitro groups is 1. The van der Waals surface area contributed by atoms with E-state index in [1.54, 1.807) is 6.07 Å². The first-order chi connectivity index (χ1) is 11.2. The van der Waals surface area contributed by atoms with Gasteiger partial charge in [-0.3, -0.25) is 10.1 Å². The highest BCUT2D eigenvalue weighted by atomic mass is 16.6. The van der Waals surface area contributed by atoms with Crippen LogP contribution in [0.3, 0.4) is 0 Å². The minimum Gasteiger partial charge on any atom is -0.378 e. The number of rotatable bonds is 4. The molecular weight excluding hydrogens is 312 g/mol. The molecule has 0 aliphatic carbocycles. The van der Waals surface area contributed by atoms with Crippen LogP contribution in [0.2, 0.25) is 0 Å². The average molecular weight is 338 g/mol. The van der Waals surface area contributed by atoms with Crippen molar-refractivity contribution in [3.05, 3.63) is 27.9 Å². The molecule has 1 aromatic rings. The fraction of sp³-hybridized carbons (Fsp3) is 0.688. The van der Waals surface area contributed by atoms with Gasteiger partial charge in [-0.15, -0.1) is 0 Å². The molecule has 0 bridgehead atoms. The predicted molar refractivity (Wildman–Crippen MR) is 90.1 cm³/mol. The summed E-state index contributed by atoms with van der Waals surface area (Å²) in [5.74, 6) is -0.104. The molecule has 0 saturated carbocycles. The summed E-state index contributed by atoms with van der Waals surface area (Å²) in [6, 6.07) is 2.80. The lowest BCUT2D eigenvalue weighted by Crippen LogP contribution is -2.44. The Balaban J connectivity index is 2.29. The molecule has 0 aromatic carbocycles. The molecule has 2 unspecified atom stereocenters. The summed E-state index contributed by atoms with van der Waals surface area (Å²) in [6.45, 7) is 6.31. The molecule has 2 atom stereocenters. The second kappa shape index (κ2) is 7.42. The number of anilines is 1. The van der Waals surface area contributed by atoms with Crippen molar-refractivity contribution in [3.8, 4) is 0 Å². The topological polar surface area (TPSA) is 115 Å². The fourth-order valence-electron chi connectivity index (χ4n) is 2.92. The van der Waals surface area contributed by atoms with Gasteiger partial charge >= 0.3 is 5.69 Å². The zero-order chi connectivity index (χ0) is 17.9. The van der Waals surface area contributed by atoms with Crippen molar-refractivity contribution in [1.82, 2.24) is 9.88 Å². The maximum absolute atomic E-state index is 10.9. The summed E-state index contributed by atoms with van der Waals surface area (Å²) in [4.78, 5) is 16.4. The molecule has 24 heavy (non-hydrogen) atoms. The number of nitrogens with zero attached hydrogens (tertiary/aromatic N) is 3. The summed E-state index contributed by atoms with van der Waals surface area (Å²) in [5, 5.41) is 21.4. The summed E-state index contributed by atoms with van der Waals surface area (Å²) >= 11 is 0. The van der Waals surface area contributed by atoms with Crippen molar-refractivity contribution in [2.75, 3.05) is 12.3 Å². The van der Waals surface area contributed by atoms with Gasteiger partial charge in [0.05, 0.1) is 22.3 Å². The van der Waals surface area contributed by atoms with Gasteiger partial charge in [-0.25, -0.2) is 9.88 Å². The van der Waals surface area contributed by atoms with Crippen LogP contribution in [-0.2, 0) is 4.74 Å². The van der Waals surface area contributed by atoms with E-state index >= 15 is 0 Å². The van der Waals surface area contributed by atoms with E-state index in [1.807, 2.05) is 25.7 Å². The highest BCUT2D eigenvalue weighted by Crippen LogP contribution is 2.33. The van der Waals surface area contributed by atoms with E-state index in [-0.39, 0.29) is 17.5 Å². The Morgan fingerprint density at radius 3 is 2.71 bits per heavy atom. The Kier molecular flexibility index (Phi) is 5.74. The van der Waals surface area contributed by atoms with Crippen LogP contribution < -0.4 is 5.73 Å². The number of aliphatic hydroxyl groups is 1. The summed E-state index contributed by atoms with van der Waals surface area (Å²) in [7, 11) is 0. The number of nitrogen functional groups attached to an aromatic ring is 1. The first-order valence-corrected chi connectivity index (χ1v) is 8.21. The van der Waals surface area contributed by atoms with Crippen LogP contribution in [0.5, 0.6) is 0 Å². The average Bonchev–Trinajstić information content (AvgIpc) is 2.70. The lowest BCUT2D eigenvalue weighted by atomic mass is 10.1. The van der Waals surface area contributed by atoms with Crippen LogP contribution in [0.15, 0.2) is 12.1 Å². The van der Waals surface area contributed by atoms with E-state index < -0.39 is 16.9 Å². The second-order valence-electron chi connectivity index (χ2n) is 7.06. The van der Waals surface area contributed by atoms with Gasteiger partial charge in [0.1, 0.15) is 0 Å². The monoisotopic (exact) mass is 338 g/mol. The van der Waals surface area contributed by atoms with E-state index in [4.69, 9.17) is 10.5 Å². The van der Waals surface area contributed by atoms with E-state index in [0.717, 1.165) is 25.7 Å². The third-order valence-corrected chi connectivity index (χ3v) is 4.00. The molecule has 1 fully saturated rings. The fourth-order valence-corrected chi connectivity index (χ4v) is 2.92. The number of likely N-dealkylation sites (tertiary alicyclic amines) is 1. The maximum Gasteiger partial charge on any atom is 0.311 e. The Bertz CT molecular complexity index is 588. The van der Waals surface area contributed by atoms with Crippen LogP contribution in [0, 0.1) is 10.1 Å². The molecule has 0 amide bonds. The Morgan fingerprint density at radius 1 is 1.42 bits per heavy atom. The Morgan fingerprint density at radius 2 is 2.12 bits per heavy atom. The number of nitrogens with two attached hydrogens (primary N) is 1. The van der Waals surface area contributed by atoms with E-state index in [9.17, 15) is 15.2 Å². The smallest absolute Gasteiger partial charge is 0.311 e. The van der Waals surface area contributed by atoms with E-state index in [2.05, 4.69) is 4.98 Å². The highest BCUT2D eigenvalue weighted by molar-refractivity contribution is 5.52. The summed E-state index contributed by atoms with van der Waals surface area (Å²) in [5.41, 5.74) is 5.66. The van der Waals surface area contributed by atoms with Gasteiger partial charge < -0.3 is 15.6 Å². The molecule has 1 aromatic heterocycles. The molecule has 2 heterocycles. The van der Waals surface area contributed by atoms with Crippen molar-refractivity contribution in [2.24, 2.45) is 0 Å². The van der Waals surface area contributed by atoms with E-state index in [1.165, 1.54) is 6.07 Å². The molecule has 134 valence electrons. The zero-order valence-corrected chi connectivity index (χ0v) is 14.4. The third kappa shape index (κ3) is 4.62. The second-order valence-corrected chi connectivity index (χ2v) is 7.06. The van der Waals surface area contributed by atoms with E-state index in [0.29, 0.717) is 12.2 Å². The summed E-state index contributed by atoms with van der Waals surface area (Å²) in [6.07, 6.45) is 2.71. The molecule has 1 saturated heterocycles. The molecule has 0 radical (unpaired) electrons. The Hall–Kier alpha value is -1.77. The quantitative estimate of drug-likeness (QED) is 0.492. The van der Waals surface area contributed by atoms with Crippen molar-refractivity contribution < 1.29 is 14.8 Å². The molecule has 8 nitrogen and oxygen atoms in total. The zero-order valence-electron chi connectivity index (χ0n) is 14.4. The normalized spacial score (nSPS) is 21.2. The largest absolute Gasteiger partial charge is 0.378 e. The van der Waals surface area contributed by atoms with Crippen LogP contribution in [-0.4, -0.2) is 38.5 Å². The minimum absolute atomic E-state index is 0.104. The summed E-state index contributed by atoms with van der Waals surface area (Å²) < 4.78 is 5.69. The van der Waals surface area contributed by atoms with Crippen molar-refractivity contribution in [3.63, 3.8) is 0 Å². The molecule has 0 spiro atoms. The van der Waals surface area contributed by atoms with Crippen molar-refractivity contribution in [1.29, 1.82) is 0 Å². The van der Waals surface area contributed by atoms with Crippen LogP contribution >= 0.6 is 0 Å².